The fourth-order valence-electron chi connectivity index (χ4n) is 3.28. The quantitative estimate of drug-likeness (QED) is 0.292. The van der Waals surface area contributed by atoms with Gasteiger partial charge in [-0.25, -0.2) is 14.4 Å². The summed E-state index contributed by atoms with van der Waals surface area (Å²) >= 11 is 0. The van der Waals surface area contributed by atoms with E-state index in [0.717, 1.165) is 31.6 Å². The topological polar surface area (TPSA) is 163 Å². The summed E-state index contributed by atoms with van der Waals surface area (Å²) in [7, 11) is 0. The Morgan fingerprint density at radius 3 is 1.76 bits per heavy atom. The second kappa shape index (κ2) is 17.7. The first-order chi connectivity index (χ1) is 21.2. The Labute approximate surface area is 252 Å². The van der Waals surface area contributed by atoms with Gasteiger partial charge in [-0.15, -0.1) is 0 Å². The number of carbonyl (C=O) groups is 3. The number of nitrogens with zero attached hydrogens (tertiary/aromatic N) is 3. The summed E-state index contributed by atoms with van der Waals surface area (Å²) < 4.78 is 106. The van der Waals surface area contributed by atoms with Crippen LogP contribution in [-0.2, 0) is 51.8 Å². The molecule has 0 fully saturated rings. The highest BCUT2D eigenvalue weighted by atomic mass is 19.4. The Bertz CT molecular complexity index is 1320. The number of pyridine rings is 2. The van der Waals surface area contributed by atoms with Crippen molar-refractivity contribution < 1.29 is 78.4 Å². The molecule has 0 unspecified atom stereocenters. The van der Waals surface area contributed by atoms with Gasteiger partial charge in [-0.05, 0) is 46.9 Å². The third kappa shape index (κ3) is 15.3. The molecule has 0 bridgehead atoms. The van der Waals surface area contributed by atoms with E-state index in [1.165, 1.54) is 22.3 Å². The predicted molar refractivity (Wildman–Crippen MR) is 135 cm³/mol. The molecule has 0 radical (unpaired) electrons. The third-order valence-electron chi connectivity index (χ3n) is 5.30. The summed E-state index contributed by atoms with van der Waals surface area (Å²) in [6.45, 7) is 4.07. The molecule has 254 valence electrons. The molecule has 0 spiro atoms. The molecule has 3 aromatic rings. The molecule has 0 aliphatic carbocycles. The largest absolute Gasteiger partial charge is 0.490 e. The van der Waals surface area contributed by atoms with Gasteiger partial charge >= 0.3 is 36.4 Å². The Hall–Kier alpha value is -4.72. The molecule has 3 N–H and O–H groups in total. The second-order valence-corrected chi connectivity index (χ2v) is 8.79. The first kappa shape index (κ1) is 39.3. The molecule has 0 atom stereocenters. The minimum atomic E-state index is -5.08. The minimum absolute atomic E-state index is 0.596. The molecule has 46 heavy (non-hydrogen) atoms. The van der Waals surface area contributed by atoms with Gasteiger partial charge < -0.3 is 24.5 Å². The lowest BCUT2D eigenvalue weighted by molar-refractivity contribution is -0.193. The van der Waals surface area contributed by atoms with E-state index in [0.29, 0.717) is 13.2 Å². The molecule has 1 aliphatic heterocycles. The Kier molecular flexibility index (Phi) is 15.1. The van der Waals surface area contributed by atoms with Crippen molar-refractivity contribution in [3.8, 4) is 0 Å². The van der Waals surface area contributed by atoms with E-state index < -0.39 is 36.4 Å². The number of alkyl halides is 9. The lowest BCUT2D eigenvalue weighted by atomic mass is 9.97. The average molecular weight is 677 g/mol. The second-order valence-electron chi connectivity index (χ2n) is 8.79. The summed E-state index contributed by atoms with van der Waals surface area (Å²) in [4.78, 5) is 37.6. The summed E-state index contributed by atoms with van der Waals surface area (Å²) in [5, 5.41) is 21.4. The van der Waals surface area contributed by atoms with E-state index in [-0.39, 0.29) is 0 Å². The van der Waals surface area contributed by atoms with Crippen LogP contribution >= 0.6 is 0 Å². The zero-order chi connectivity index (χ0) is 35.1. The zero-order valence-corrected chi connectivity index (χ0v) is 23.1. The fourth-order valence-corrected chi connectivity index (χ4v) is 3.28. The highest BCUT2D eigenvalue weighted by Gasteiger charge is 2.39. The number of halogens is 9. The van der Waals surface area contributed by atoms with Gasteiger partial charge in [0.15, 0.2) is 0 Å². The van der Waals surface area contributed by atoms with Crippen LogP contribution in [0.5, 0.6) is 0 Å². The highest BCUT2D eigenvalue weighted by molar-refractivity contribution is 5.73. The molecular weight excluding hydrogens is 653 g/mol. The van der Waals surface area contributed by atoms with Crippen molar-refractivity contribution in [3.05, 3.63) is 83.3 Å². The van der Waals surface area contributed by atoms with Crippen LogP contribution in [0.2, 0.25) is 0 Å². The van der Waals surface area contributed by atoms with E-state index in [9.17, 15) is 39.5 Å². The molecule has 3 aromatic heterocycles. The van der Waals surface area contributed by atoms with Gasteiger partial charge in [0.2, 0.25) is 0 Å². The first-order valence-corrected chi connectivity index (χ1v) is 12.3. The number of furan rings is 1. The van der Waals surface area contributed by atoms with Gasteiger partial charge in [0.25, 0.3) is 0 Å². The van der Waals surface area contributed by atoms with Gasteiger partial charge in [-0.1, -0.05) is 0 Å². The molecule has 0 amide bonds. The predicted octanol–water partition coefficient (Wildman–Crippen LogP) is 5.24. The van der Waals surface area contributed by atoms with Crippen LogP contribution in [0.3, 0.4) is 0 Å². The van der Waals surface area contributed by atoms with Crippen LogP contribution in [0.15, 0.2) is 59.9 Å². The summed E-state index contributed by atoms with van der Waals surface area (Å²) in [5.41, 5.74) is 6.26. The maximum absolute atomic E-state index is 10.6. The molecule has 11 nitrogen and oxygen atoms in total. The Morgan fingerprint density at radius 1 is 0.783 bits per heavy atom. The number of carboxylic acid groups (broad SMARTS) is 3. The van der Waals surface area contributed by atoms with Crippen LogP contribution in [-0.4, -0.2) is 73.2 Å². The number of ether oxygens (including phenoxy) is 1. The monoisotopic (exact) mass is 677 g/mol. The first-order valence-electron chi connectivity index (χ1n) is 12.3. The number of fused-ring (bicyclic) bond motifs is 1. The van der Waals surface area contributed by atoms with Gasteiger partial charge in [-0.3, -0.25) is 14.9 Å². The molecule has 0 aromatic carbocycles. The minimum Gasteiger partial charge on any atom is -0.475 e. The number of rotatable bonds is 6. The van der Waals surface area contributed by atoms with Crippen molar-refractivity contribution in [2.45, 2.75) is 51.3 Å². The van der Waals surface area contributed by atoms with E-state index in [2.05, 4.69) is 14.9 Å². The van der Waals surface area contributed by atoms with Crippen molar-refractivity contribution >= 4 is 17.9 Å². The van der Waals surface area contributed by atoms with Crippen LogP contribution in [0.1, 0.15) is 27.8 Å². The van der Waals surface area contributed by atoms with E-state index >= 15 is 0 Å². The number of hydrogen-bond acceptors (Lipinski definition) is 8. The van der Waals surface area contributed by atoms with E-state index in [1.54, 1.807) is 18.7 Å². The van der Waals surface area contributed by atoms with Gasteiger partial charge in [-0.2, -0.15) is 39.5 Å². The SMILES string of the molecule is O=C(O)C(F)(F)F.O=C(O)C(F)(F)F.O=C(O)C(F)(F)F.c1cc(COCc2cncc3c2CCN(Cc2ccoc2)C3)ccn1. The van der Waals surface area contributed by atoms with E-state index in [4.69, 9.17) is 38.9 Å². The summed E-state index contributed by atoms with van der Waals surface area (Å²) in [6, 6.07) is 5.98. The standard InChI is InChI=1S/C20H21N3O2.3C2HF3O2/c1-5-21-6-2-16(1)13-25-15-19-10-22-9-18-12-23(7-3-20(18)19)11-17-4-8-24-14-17;3*3-2(4,5)1(6)7/h1-2,4-6,8-10,14H,3,7,11-13,15H2;3*(H,6,7). The summed E-state index contributed by atoms with van der Waals surface area (Å²) in [6.07, 6.45) is -3.16. The van der Waals surface area contributed by atoms with Crippen LogP contribution in [0.25, 0.3) is 0 Å². The molecule has 4 heterocycles. The number of aliphatic carboxylic acids is 3. The smallest absolute Gasteiger partial charge is 0.475 e. The maximum Gasteiger partial charge on any atom is 0.490 e. The molecular formula is C26H24F9N3O8. The average Bonchev–Trinajstić information content (AvgIpc) is 3.46. The van der Waals surface area contributed by atoms with Crippen LogP contribution in [0, 0.1) is 0 Å². The molecule has 0 saturated heterocycles. The summed E-state index contributed by atoms with van der Waals surface area (Å²) in [5.74, 6) is -8.27. The third-order valence-corrected chi connectivity index (χ3v) is 5.30. The molecule has 4 rings (SSSR count). The highest BCUT2D eigenvalue weighted by Crippen LogP contribution is 2.24. The van der Waals surface area contributed by atoms with Crippen molar-refractivity contribution in [3.63, 3.8) is 0 Å². The van der Waals surface area contributed by atoms with E-state index in [1.807, 2.05) is 36.9 Å². The number of aromatic nitrogens is 2. The lowest BCUT2D eigenvalue weighted by Crippen LogP contribution is -2.30. The molecule has 1 aliphatic rings. The fraction of sp³-hybridized carbons (Fsp3) is 0.346. The van der Waals surface area contributed by atoms with Crippen molar-refractivity contribution in [2.24, 2.45) is 0 Å². The number of carboxylic acids is 3. The zero-order valence-electron chi connectivity index (χ0n) is 23.1. The Balaban J connectivity index is 0.000000413. The van der Waals surface area contributed by atoms with Gasteiger partial charge in [0.05, 0.1) is 25.7 Å². The van der Waals surface area contributed by atoms with Crippen molar-refractivity contribution in [1.29, 1.82) is 0 Å². The van der Waals surface area contributed by atoms with Gasteiger partial charge in [0.1, 0.15) is 0 Å². The lowest BCUT2D eigenvalue weighted by Gasteiger charge is -2.29. The normalized spacial score (nSPS) is 13.0. The van der Waals surface area contributed by atoms with Crippen LogP contribution < -0.4 is 0 Å². The van der Waals surface area contributed by atoms with Crippen molar-refractivity contribution in [1.82, 2.24) is 14.9 Å². The van der Waals surface area contributed by atoms with Crippen molar-refractivity contribution in [2.75, 3.05) is 6.54 Å². The molecule has 0 saturated carbocycles. The number of hydrogen-bond donors (Lipinski definition) is 3. The molecule has 20 heteroatoms. The van der Waals surface area contributed by atoms with Crippen LogP contribution in [0.4, 0.5) is 39.5 Å². The Morgan fingerprint density at radius 2 is 1.30 bits per heavy atom. The van der Waals surface area contributed by atoms with Gasteiger partial charge in [0, 0.05) is 50.0 Å². The maximum atomic E-state index is 10.6.